The van der Waals surface area contributed by atoms with E-state index in [1.807, 2.05) is 18.2 Å². The van der Waals surface area contributed by atoms with E-state index >= 15 is 0 Å². The largest absolute Gasteiger partial charge is 0.350 e. The van der Waals surface area contributed by atoms with Crippen LogP contribution in [0.3, 0.4) is 0 Å². The van der Waals surface area contributed by atoms with Gasteiger partial charge in [0, 0.05) is 12.1 Å². The lowest BCUT2D eigenvalue weighted by molar-refractivity contribution is -0.122. The fraction of sp³-hybridized carbons (Fsp3) is 0.250. The van der Waals surface area contributed by atoms with Crippen LogP contribution in [0.4, 0.5) is 4.39 Å². The van der Waals surface area contributed by atoms with Gasteiger partial charge >= 0.3 is 0 Å². The maximum absolute atomic E-state index is 12.8. The summed E-state index contributed by atoms with van der Waals surface area (Å²) < 4.78 is 12.8. The van der Waals surface area contributed by atoms with Gasteiger partial charge in [-0.2, -0.15) is 0 Å². The predicted molar refractivity (Wildman–Crippen MR) is 78.2 cm³/mol. The molecule has 21 heavy (non-hydrogen) atoms. The van der Waals surface area contributed by atoms with Crippen molar-refractivity contribution in [1.82, 2.24) is 10.6 Å². The Kier molecular flexibility index (Phi) is 4.87. The van der Waals surface area contributed by atoms with Gasteiger partial charge in [0.2, 0.25) is 5.91 Å². The number of hydrogen-bond acceptors (Lipinski definition) is 2. The van der Waals surface area contributed by atoms with Crippen molar-refractivity contribution in [3.63, 3.8) is 0 Å². The second-order valence-corrected chi connectivity index (χ2v) is 4.84. The second-order valence-electron chi connectivity index (χ2n) is 4.84. The molecule has 2 amide bonds. The maximum atomic E-state index is 12.8. The molecule has 1 aromatic carbocycles. The molecule has 0 aliphatic heterocycles. The molecule has 1 aliphatic carbocycles. The van der Waals surface area contributed by atoms with Gasteiger partial charge in [-0.1, -0.05) is 18.2 Å². The molecule has 110 valence electrons. The molecule has 0 radical (unpaired) electrons. The Morgan fingerprint density at radius 3 is 2.62 bits per heavy atom. The molecule has 0 saturated carbocycles. The lowest BCUT2D eigenvalue weighted by atomic mass is 10.2. The first-order valence-electron chi connectivity index (χ1n) is 6.76. The second kappa shape index (κ2) is 6.83. The molecule has 2 N–H and O–H groups in total. The molecule has 1 aromatic rings. The third-order valence-electron chi connectivity index (χ3n) is 3.16. The minimum atomic E-state index is -0.659. The highest BCUT2D eigenvalue weighted by Gasteiger charge is 2.16. The summed E-state index contributed by atoms with van der Waals surface area (Å²) in [4.78, 5) is 23.8. The van der Waals surface area contributed by atoms with Gasteiger partial charge in [0.05, 0.1) is 0 Å². The zero-order valence-corrected chi connectivity index (χ0v) is 11.7. The average molecular weight is 288 g/mol. The number of halogens is 1. The van der Waals surface area contributed by atoms with Crippen molar-refractivity contribution in [3.8, 4) is 0 Å². The summed E-state index contributed by atoms with van der Waals surface area (Å²) >= 11 is 0. The smallest absolute Gasteiger partial charge is 0.251 e. The highest BCUT2D eigenvalue weighted by molar-refractivity contribution is 5.97. The molecule has 4 nitrogen and oxygen atoms in total. The molecule has 0 bridgehead atoms. The van der Waals surface area contributed by atoms with Gasteiger partial charge in [-0.05, 0) is 43.2 Å². The highest BCUT2D eigenvalue weighted by Crippen LogP contribution is 2.07. The predicted octanol–water partition coefficient (Wildman–Crippen LogP) is 1.95. The molecular weight excluding hydrogens is 271 g/mol. The zero-order chi connectivity index (χ0) is 15.2. The van der Waals surface area contributed by atoms with Crippen LogP contribution in [-0.4, -0.2) is 24.4 Å². The van der Waals surface area contributed by atoms with E-state index in [0.29, 0.717) is 12.1 Å². The van der Waals surface area contributed by atoms with Crippen LogP contribution in [0.15, 0.2) is 48.1 Å². The molecule has 1 aliphatic rings. The Morgan fingerprint density at radius 1 is 1.29 bits per heavy atom. The number of nitrogens with one attached hydrogen (secondary N) is 2. The first kappa shape index (κ1) is 15.0. The zero-order valence-electron chi connectivity index (χ0n) is 11.7. The lowest BCUT2D eigenvalue weighted by Gasteiger charge is -2.14. The molecule has 1 unspecified atom stereocenters. The van der Waals surface area contributed by atoms with Gasteiger partial charge in [-0.15, -0.1) is 0 Å². The molecule has 2 rings (SSSR count). The molecule has 5 heteroatoms. The van der Waals surface area contributed by atoms with E-state index in [1.165, 1.54) is 24.3 Å². The molecule has 0 aromatic heterocycles. The van der Waals surface area contributed by atoms with Gasteiger partial charge in [-0.25, -0.2) is 4.39 Å². The van der Waals surface area contributed by atoms with Crippen LogP contribution in [-0.2, 0) is 4.79 Å². The van der Waals surface area contributed by atoms with Crippen molar-refractivity contribution in [2.45, 2.75) is 19.4 Å². The minimum Gasteiger partial charge on any atom is -0.350 e. The highest BCUT2D eigenvalue weighted by atomic mass is 19.1. The number of allylic oxidation sites excluding steroid dienone is 2. The van der Waals surface area contributed by atoms with E-state index < -0.39 is 17.8 Å². The summed E-state index contributed by atoms with van der Waals surface area (Å²) in [5.74, 6) is -1.07. The Hall–Kier alpha value is -2.43. The topological polar surface area (TPSA) is 58.2 Å². The van der Waals surface area contributed by atoms with Crippen LogP contribution < -0.4 is 10.6 Å². The molecule has 0 saturated heterocycles. The molecular formula is C16H17FN2O2. The van der Waals surface area contributed by atoms with Crippen LogP contribution in [0, 0.1) is 5.82 Å². The molecule has 0 heterocycles. The Labute approximate surface area is 122 Å². The van der Waals surface area contributed by atoms with Crippen LogP contribution >= 0.6 is 0 Å². The summed E-state index contributed by atoms with van der Waals surface area (Å²) in [6, 6.07) is 4.51. The third-order valence-corrected chi connectivity index (χ3v) is 3.16. The number of rotatable bonds is 5. The van der Waals surface area contributed by atoms with Gasteiger partial charge in [0.1, 0.15) is 11.9 Å². The van der Waals surface area contributed by atoms with Crippen LogP contribution in [0.25, 0.3) is 0 Å². The number of carbonyl (C=O) groups excluding carboxylic acids is 2. The van der Waals surface area contributed by atoms with Crippen molar-refractivity contribution >= 4 is 11.8 Å². The van der Waals surface area contributed by atoms with Crippen molar-refractivity contribution < 1.29 is 14.0 Å². The van der Waals surface area contributed by atoms with Gasteiger partial charge in [0.15, 0.2) is 0 Å². The number of carbonyl (C=O) groups is 2. The lowest BCUT2D eigenvalue weighted by Crippen LogP contribution is -2.45. The average Bonchev–Trinajstić information content (AvgIpc) is 2.98. The van der Waals surface area contributed by atoms with Crippen molar-refractivity contribution in [2.75, 3.05) is 6.54 Å². The summed E-state index contributed by atoms with van der Waals surface area (Å²) in [7, 11) is 0. The van der Waals surface area contributed by atoms with Crippen molar-refractivity contribution in [3.05, 3.63) is 59.4 Å². The van der Waals surface area contributed by atoms with E-state index in [2.05, 4.69) is 10.6 Å². The summed E-state index contributed by atoms with van der Waals surface area (Å²) in [6.07, 6.45) is 6.90. The normalized spacial score (nSPS) is 14.5. The Morgan fingerprint density at radius 2 is 2.00 bits per heavy atom. The Balaban J connectivity index is 1.83. The SMILES string of the molecule is CC(NC(=O)c1ccc(F)cc1)C(=O)NCC1=CCC=C1. The van der Waals surface area contributed by atoms with Crippen LogP contribution in [0.1, 0.15) is 23.7 Å². The standard InChI is InChI=1S/C16H17FN2O2/c1-11(15(20)18-10-12-4-2-3-5-12)19-16(21)13-6-8-14(17)9-7-13/h2,4-9,11H,3,10H2,1H3,(H,18,20)(H,19,21). The van der Waals surface area contributed by atoms with Crippen LogP contribution in [0.5, 0.6) is 0 Å². The minimum absolute atomic E-state index is 0.258. The number of amides is 2. The number of hydrogen-bond donors (Lipinski definition) is 2. The van der Waals surface area contributed by atoms with E-state index in [4.69, 9.17) is 0 Å². The maximum Gasteiger partial charge on any atom is 0.251 e. The van der Waals surface area contributed by atoms with E-state index in [0.717, 1.165) is 12.0 Å². The van der Waals surface area contributed by atoms with Crippen LogP contribution in [0.2, 0.25) is 0 Å². The first-order valence-corrected chi connectivity index (χ1v) is 6.76. The van der Waals surface area contributed by atoms with Crippen molar-refractivity contribution in [2.24, 2.45) is 0 Å². The fourth-order valence-electron chi connectivity index (χ4n) is 1.93. The summed E-state index contributed by atoms with van der Waals surface area (Å²) in [5.41, 5.74) is 1.37. The first-order chi connectivity index (χ1) is 10.1. The summed E-state index contributed by atoms with van der Waals surface area (Å²) in [5, 5.41) is 5.34. The fourth-order valence-corrected chi connectivity index (χ4v) is 1.93. The van der Waals surface area contributed by atoms with E-state index in [1.54, 1.807) is 6.92 Å². The van der Waals surface area contributed by atoms with E-state index in [-0.39, 0.29) is 5.91 Å². The summed E-state index contributed by atoms with van der Waals surface area (Å²) in [6.45, 7) is 2.06. The number of benzene rings is 1. The van der Waals surface area contributed by atoms with E-state index in [9.17, 15) is 14.0 Å². The quantitative estimate of drug-likeness (QED) is 0.870. The van der Waals surface area contributed by atoms with Crippen molar-refractivity contribution in [1.29, 1.82) is 0 Å². The molecule has 0 fully saturated rings. The van der Waals surface area contributed by atoms with Gasteiger partial charge < -0.3 is 10.6 Å². The molecule has 0 spiro atoms. The van der Waals surface area contributed by atoms with Gasteiger partial charge in [-0.3, -0.25) is 9.59 Å². The molecule has 1 atom stereocenters. The van der Waals surface area contributed by atoms with Gasteiger partial charge in [0.25, 0.3) is 5.91 Å². The third kappa shape index (κ3) is 4.27. The Bertz CT molecular complexity index is 591. The monoisotopic (exact) mass is 288 g/mol.